The summed E-state index contributed by atoms with van der Waals surface area (Å²) in [7, 11) is 0. The van der Waals surface area contributed by atoms with Crippen molar-refractivity contribution in [1.29, 1.82) is 0 Å². The standard InChI is InChI=1S/C13H20N4OS/c1-19-13-15-8-10(11(14)18)12(17-13)16-9-6-4-2-3-5-7-9/h8-9H,2-7H2,1H3,(H2,14,18)(H,15,16,17). The first-order valence-corrected chi connectivity index (χ1v) is 7.90. The van der Waals surface area contributed by atoms with Crippen molar-refractivity contribution >= 4 is 23.5 Å². The Morgan fingerprint density at radius 1 is 1.37 bits per heavy atom. The van der Waals surface area contributed by atoms with Gasteiger partial charge in [-0.3, -0.25) is 4.79 Å². The van der Waals surface area contributed by atoms with Gasteiger partial charge in [0.15, 0.2) is 5.16 Å². The second-order valence-electron chi connectivity index (χ2n) is 4.82. The van der Waals surface area contributed by atoms with E-state index in [0.717, 1.165) is 12.8 Å². The first-order valence-electron chi connectivity index (χ1n) is 6.68. The van der Waals surface area contributed by atoms with E-state index in [2.05, 4.69) is 15.3 Å². The van der Waals surface area contributed by atoms with Gasteiger partial charge < -0.3 is 11.1 Å². The molecule has 1 heterocycles. The molecule has 3 N–H and O–H groups in total. The molecule has 0 saturated heterocycles. The third kappa shape index (κ3) is 3.83. The van der Waals surface area contributed by atoms with Crippen LogP contribution in [0.15, 0.2) is 11.4 Å². The molecule has 19 heavy (non-hydrogen) atoms. The molecule has 2 rings (SSSR count). The molecule has 0 atom stereocenters. The van der Waals surface area contributed by atoms with Gasteiger partial charge in [-0.15, -0.1) is 0 Å². The van der Waals surface area contributed by atoms with E-state index in [9.17, 15) is 4.79 Å². The highest BCUT2D eigenvalue weighted by Crippen LogP contribution is 2.23. The summed E-state index contributed by atoms with van der Waals surface area (Å²) in [5.41, 5.74) is 5.75. The zero-order chi connectivity index (χ0) is 13.7. The lowest BCUT2D eigenvalue weighted by atomic mass is 10.1. The first kappa shape index (κ1) is 14.1. The fourth-order valence-corrected chi connectivity index (χ4v) is 2.71. The number of aromatic nitrogens is 2. The number of anilines is 1. The van der Waals surface area contributed by atoms with Gasteiger partial charge >= 0.3 is 0 Å². The molecule has 1 aromatic heterocycles. The van der Waals surface area contributed by atoms with Gasteiger partial charge in [0.1, 0.15) is 5.82 Å². The van der Waals surface area contributed by atoms with Gasteiger partial charge in [-0.1, -0.05) is 37.4 Å². The predicted octanol–water partition coefficient (Wildman–Crippen LogP) is 2.43. The van der Waals surface area contributed by atoms with Crippen LogP contribution >= 0.6 is 11.8 Å². The summed E-state index contributed by atoms with van der Waals surface area (Å²) in [5, 5.41) is 4.03. The van der Waals surface area contributed by atoms with Gasteiger partial charge in [0.25, 0.3) is 5.91 Å². The number of carbonyl (C=O) groups is 1. The summed E-state index contributed by atoms with van der Waals surface area (Å²) in [6.45, 7) is 0. The van der Waals surface area contributed by atoms with Crippen molar-refractivity contribution in [3.63, 3.8) is 0 Å². The molecule has 1 fully saturated rings. The molecule has 1 amide bonds. The molecule has 1 aromatic rings. The van der Waals surface area contributed by atoms with Crippen LogP contribution in [-0.4, -0.2) is 28.2 Å². The van der Waals surface area contributed by atoms with Gasteiger partial charge in [0.2, 0.25) is 0 Å². The zero-order valence-electron chi connectivity index (χ0n) is 11.2. The fourth-order valence-electron chi connectivity index (χ4n) is 2.37. The molecule has 0 spiro atoms. The fraction of sp³-hybridized carbons (Fsp3) is 0.615. The van der Waals surface area contributed by atoms with Crippen molar-refractivity contribution in [2.45, 2.75) is 49.7 Å². The molecule has 0 unspecified atom stereocenters. The number of rotatable bonds is 4. The Kier molecular flexibility index (Phi) is 5.01. The van der Waals surface area contributed by atoms with E-state index < -0.39 is 5.91 Å². The molecule has 0 bridgehead atoms. The van der Waals surface area contributed by atoms with Gasteiger partial charge in [-0.2, -0.15) is 0 Å². The summed E-state index contributed by atoms with van der Waals surface area (Å²) in [6.07, 6.45) is 10.7. The van der Waals surface area contributed by atoms with Crippen molar-refractivity contribution in [1.82, 2.24) is 9.97 Å². The highest BCUT2D eigenvalue weighted by molar-refractivity contribution is 7.98. The lowest BCUT2D eigenvalue weighted by Gasteiger charge is -2.18. The molecule has 6 heteroatoms. The number of nitrogens with two attached hydrogens (primary N) is 1. The Labute approximate surface area is 117 Å². The number of carbonyl (C=O) groups excluding carboxylic acids is 1. The smallest absolute Gasteiger partial charge is 0.254 e. The number of nitrogens with zero attached hydrogens (tertiary/aromatic N) is 2. The highest BCUT2D eigenvalue weighted by Gasteiger charge is 2.17. The van der Waals surface area contributed by atoms with Crippen LogP contribution in [0, 0.1) is 0 Å². The Morgan fingerprint density at radius 2 is 2.05 bits per heavy atom. The molecule has 1 aliphatic carbocycles. The summed E-state index contributed by atoms with van der Waals surface area (Å²) in [4.78, 5) is 19.9. The number of amides is 1. The third-order valence-corrected chi connectivity index (χ3v) is 3.97. The van der Waals surface area contributed by atoms with Crippen LogP contribution in [0.4, 0.5) is 5.82 Å². The minimum Gasteiger partial charge on any atom is -0.367 e. The quantitative estimate of drug-likeness (QED) is 0.503. The largest absolute Gasteiger partial charge is 0.367 e. The Balaban J connectivity index is 2.18. The molecule has 104 valence electrons. The lowest BCUT2D eigenvalue weighted by molar-refractivity contribution is 0.1000. The molecule has 1 aliphatic rings. The van der Waals surface area contributed by atoms with Crippen molar-refractivity contribution in [3.8, 4) is 0 Å². The van der Waals surface area contributed by atoms with Crippen LogP contribution < -0.4 is 11.1 Å². The maximum Gasteiger partial charge on any atom is 0.254 e. The molecular formula is C13H20N4OS. The SMILES string of the molecule is CSc1ncc(C(N)=O)c(NC2CCCCCC2)n1. The first-order chi connectivity index (χ1) is 9.20. The Bertz CT molecular complexity index is 444. The van der Waals surface area contributed by atoms with Crippen LogP contribution in [0.2, 0.25) is 0 Å². The number of primary amides is 1. The normalized spacial score (nSPS) is 16.9. The summed E-state index contributed by atoms with van der Waals surface area (Å²) in [6, 6.07) is 0.380. The third-order valence-electron chi connectivity index (χ3n) is 3.41. The van der Waals surface area contributed by atoms with Crippen molar-refractivity contribution in [2.24, 2.45) is 5.73 Å². The lowest BCUT2D eigenvalue weighted by Crippen LogP contribution is -2.23. The highest BCUT2D eigenvalue weighted by atomic mass is 32.2. The maximum absolute atomic E-state index is 11.4. The van der Waals surface area contributed by atoms with Crippen molar-refractivity contribution in [2.75, 3.05) is 11.6 Å². The second-order valence-corrected chi connectivity index (χ2v) is 5.59. The van der Waals surface area contributed by atoms with E-state index in [1.807, 2.05) is 6.26 Å². The Hall–Kier alpha value is -1.30. The average molecular weight is 280 g/mol. The van der Waals surface area contributed by atoms with E-state index in [1.54, 1.807) is 0 Å². The summed E-state index contributed by atoms with van der Waals surface area (Å²) in [5.74, 6) is 0.0996. The van der Waals surface area contributed by atoms with Crippen LogP contribution in [0.3, 0.4) is 0 Å². The number of thioether (sulfide) groups is 1. The Morgan fingerprint density at radius 3 is 2.63 bits per heavy atom. The second kappa shape index (κ2) is 6.75. The number of hydrogen-bond donors (Lipinski definition) is 2. The van der Waals surface area contributed by atoms with Gasteiger partial charge in [0, 0.05) is 12.2 Å². The molecule has 0 aromatic carbocycles. The molecular weight excluding hydrogens is 260 g/mol. The van der Waals surface area contributed by atoms with Gasteiger partial charge in [0.05, 0.1) is 5.56 Å². The van der Waals surface area contributed by atoms with Crippen LogP contribution in [-0.2, 0) is 0 Å². The maximum atomic E-state index is 11.4. The number of nitrogens with one attached hydrogen (secondary N) is 1. The van der Waals surface area contributed by atoms with E-state index in [0.29, 0.717) is 22.6 Å². The van der Waals surface area contributed by atoms with Gasteiger partial charge in [-0.05, 0) is 19.1 Å². The summed E-state index contributed by atoms with van der Waals surface area (Å²) >= 11 is 1.46. The minimum absolute atomic E-state index is 0.377. The number of hydrogen-bond acceptors (Lipinski definition) is 5. The van der Waals surface area contributed by atoms with E-state index in [1.165, 1.54) is 43.6 Å². The average Bonchev–Trinajstić information content (AvgIpc) is 2.67. The van der Waals surface area contributed by atoms with Gasteiger partial charge in [-0.25, -0.2) is 9.97 Å². The van der Waals surface area contributed by atoms with E-state index in [-0.39, 0.29) is 0 Å². The predicted molar refractivity (Wildman–Crippen MR) is 77.4 cm³/mol. The monoisotopic (exact) mass is 280 g/mol. The van der Waals surface area contributed by atoms with Crippen molar-refractivity contribution in [3.05, 3.63) is 11.8 Å². The van der Waals surface area contributed by atoms with E-state index >= 15 is 0 Å². The molecule has 1 saturated carbocycles. The minimum atomic E-state index is -0.483. The van der Waals surface area contributed by atoms with Crippen LogP contribution in [0.5, 0.6) is 0 Å². The topological polar surface area (TPSA) is 80.9 Å². The van der Waals surface area contributed by atoms with Crippen LogP contribution in [0.25, 0.3) is 0 Å². The van der Waals surface area contributed by atoms with E-state index in [4.69, 9.17) is 5.73 Å². The zero-order valence-corrected chi connectivity index (χ0v) is 12.0. The summed E-state index contributed by atoms with van der Waals surface area (Å²) < 4.78 is 0. The molecule has 5 nitrogen and oxygen atoms in total. The molecule has 0 aliphatic heterocycles. The van der Waals surface area contributed by atoms with Crippen molar-refractivity contribution < 1.29 is 4.79 Å². The van der Waals surface area contributed by atoms with Crippen LogP contribution in [0.1, 0.15) is 48.9 Å². The molecule has 0 radical (unpaired) electrons.